The molecule has 1 heterocycles. The molecule has 1 amide bonds. The van der Waals surface area contributed by atoms with Gasteiger partial charge in [-0.1, -0.05) is 29.3 Å². The normalized spacial score (nSPS) is 10.6. The van der Waals surface area contributed by atoms with E-state index >= 15 is 0 Å². The molecule has 6 heteroatoms. The number of carbonyl (C=O) groups excluding carboxylic acids is 1. The fourth-order valence-corrected chi connectivity index (χ4v) is 1.85. The van der Waals surface area contributed by atoms with E-state index in [2.05, 4.69) is 15.5 Å². The Kier molecular flexibility index (Phi) is 4.49. The van der Waals surface area contributed by atoms with E-state index in [9.17, 15) is 4.79 Å². The maximum atomic E-state index is 11.7. The van der Waals surface area contributed by atoms with Crippen LogP contribution in [-0.4, -0.2) is 17.1 Å². The molecule has 0 aliphatic carbocycles. The van der Waals surface area contributed by atoms with Crippen molar-refractivity contribution < 1.29 is 4.79 Å². The number of aromatic nitrogens is 1. The summed E-state index contributed by atoms with van der Waals surface area (Å²) in [5.41, 5.74) is 3.35. The molecule has 0 atom stereocenters. The molecule has 1 N–H and O–H groups in total. The lowest BCUT2D eigenvalue weighted by atomic mass is 10.2. The zero-order valence-corrected chi connectivity index (χ0v) is 11.2. The first-order valence-corrected chi connectivity index (χ1v) is 6.11. The van der Waals surface area contributed by atoms with E-state index in [0.29, 0.717) is 21.2 Å². The number of nitrogens with one attached hydrogen (secondary N) is 1. The zero-order valence-electron chi connectivity index (χ0n) is 9.68. The summed E-state index contributed by atoms with van der Waals surface area (Å²) in [5, 5.41) is 4.75. The molecule has 2 aromatic rings. The van der Waals surface area contributed by atoms with E-state index in [4.69, 9.17) is 23.2 Å². The Morgan fingerprint density at radius 1 is 1.21 bits per heavy atom. The van der Waals surface area contributed by atoms with E-state index in [0.717, 1.165) is 0 Å². The lowest BCUT2D eigenvalue weighted by Gasteiger charge is -2.01. The highest BCUT2D eigenvalue weighted by Gasteiger charge is 2.04. The van der Waals surface area contributed by atoms with E-state index in [1.54, 1.807) is 36.5 Å². The highest BCUT2D eigenvalue weighted by molar-refractivity contribution is 6.38. The SMILES string of the molecule is O=C(N/N=C\c1c(Cl)cccc1Cl)c1cccnc1. The van der Waals surface area contributed by atoms with Gasteiger partial charge in [0.25, 0.3) is 5.91 Å². The van der Waals surface area contributed by atoms with Gasteiger partial charge >= 0.3 is 0 Å². The Bertz CT molecular complexity index is 594. The van der Waals surface area contributed by atoms with Crippen LogP contribution in [-0.2, 0) is 0 Å². The minimum Gasteiger partial charge on any atom is -0.267 e. The molecule has 2 rings (SSSR count). The Morgan fingerprint density at radius 3 is 2.58 bits per heavy atom. The minimum absolute atomic E-state index is 0.354. The highest BCUT2D eigenvalue weighted by atomic mass is 35.5. The van der Waals surface area contributed by atoms with Crippen LogP contribution in [0.4, 0.5) is 0 Å². The van der Waals surface area contributed by atoms with Gasteiger partial charge in [-0.05, 0) is 24.3 Å². The number of halogens is 2. The molecule has 0 aliphatic rings. The van der Waals surface area contributed by atoms with Crippen LogP contribution in [0.3, 0.4) is 0 Å². The molecule has 1 aromatic heterocycles. The average Bonchev–Trinajstić information content (AvgIpc) is 2.43. The number of nitrogens with zero attached hydrogens (tertiary/aromatic N) is 2. The van der Waals surface area contributed by atoms with Gasteiger partial charge in [-0.2, -0.15) is 5.10 Å². The quantitative estimate of drug-likeness (QED) is 0.698. The van der Waals surface area contributed by atoms with Crippen LogP contribution in [0.25, 0.3) is 0 Å². The first-order chi connectivity index (χ1) is 9.18. The van der Waals surface area contributed by atoms with Gasteiger partial charge in [0.2, 0.25) is 0 Å². The van der Waals surface area contributed by atoms with Crippen LogP contribution >= 0.6 is 23.2 Å². The summed E-state index contributed by atoms with van der Waals surface area (Å²) in [6.45, 7) is 0. The highest BCUT2D eigenvalue weighted by Crippen LogP contribution is 2.21. The number of hydrazone groups is 1. The monoisotopic (exact) mass is 293 g/mol. The molecule has 0 aliphatic heterocycles. The minimum atomic E-state index is -0.354. The number of rotatable bonds is 3. The molecule has 4 nitrogen and oxygen atoms in total. The molecular formula is C13H9Cl2N3O. The van der Waals surface area contributed by atoms with E-state index in [-0.39, 0.29) is 5.91 Å². The number of benzene rings is 1. The van der Waals surface area contributed by atoms with Gasteiger partial charge in [0.1, 0.15) is 0 Å². The third kappa shape index (κ3) is 3.53. The van der Waals surface area contributed by atoms with Crippen LogP contribution in [0.5, 0.6) is 0 Å². The standard InChI is InChI=1S/C13H9Cl2N3O/c14-11-4-1-5-12(15)10(11)8-17-18-13(19)9-3-2-6-16-7-9/h1-8H,(H,18,19)/b17-8-. The molecule has 0 saturated heterocycles. The summed E-state index contributed by atoms with van der Waals surface area (Å²) < 4.78 is 0. The predicted octanol–water partition coefficient (Wildman–Crippen LogP) is 3.15. The second kappa shape index (κ2) is 6.31. The van der Waals surface area contributed by atoms with Gasteiger partial charge in [0.05, 0.1) is 21.8 Å². The Hall–Kier alpha value is -1.91. The van der Waals surface area contributed by atoms with E-state index < -0.39 is 0 Å². The van der Waals surface area contributed by atoms with Gasteiger partial charge < -0.3 is 0 Å². The van der Waals surface area contributed by atoms with Crippen LogP contribution in [0.1, 0.15) is 15.9 Å². The number of hydrogen-bond donors (Lipinski definition) is 1. The average molecular weight is 294 g/mol. The van der Waals surface area contributed by atoms with Gasteiger partial charge in [-0.3, -0.25) is 9.78 Å². The smallest absolute Gasteiger partial charge is 0.267 e. The largest absolute Gasteiger partial charge is 0.272 e. The van der Waals surface area contributed by atoms with Crippen LogP contribution in [0.15, 0.2) is 47.8 Å². The Labute approximate surface area is 120 Å². The first-order valence-electron chi connectivity index (χ1n) is 5.36. The fraction of sp³-hybridized carbons (Fsp3) is 0. The molecule has 19 heavy (non-hydrogen) atoms. The lowest BCUT2D eigenvalue weighted by molar-refractivity contribution is 0.0955. The Morgan fingerprint density at radius 2 is 1.95 bits per heavy atom. The molecule has 0 spiro atoms. The van der Waals surface area contributed by atoms with Crippen molar-refractivity contribution >= 4 is 35.3 Å². The van der Waals surface area contributed by atoms with Gasteiger partial charge in [-0.15, -0.1) is 0 Å². The first kappa shape index (κ1) is 13.5. The van der Waals surface area contributed by atoms with Crippen molar-refractivity contribution in [2.24, 2.45) is 5.10 Å². The third-order valence-corrected chi connectivity index (χ3v) is 2.94. The maximum absolute atomic E-state index is 11.7. The molecule has 0 saturated carbocycles. The summed E-state index contributed by atoms with van der Waals surface area (Å²) >= 11 is 11.9. The number of amides is 1. The van der Waals surface area contributed by atoms with Gasteiger partial charge in [0.15, 0.2) is 0 Å². The number of hydrogen-bond acceptors (Lipinski definition) is 3. The molecule has 0 fully saturated rings. The van der Waals surface area contributed by atoms with Crippen molar-refractivity contribution in [3.63, 3.8) is 0 Å². The fourth-order valence-electron chi connectivity index (χ4n) is 1.35. The third-order valence-electron chi connectivity index (χ3n) is 2.28. The van der Waals surface area contributed by atoms with Crippen molar-refractivity contribution in [3.05, 3.63) is 63.9 Å². The summed E-state index contributed by atoms with van der Waals surface area (Å²) in [4.78, 5) is 15.5. The van der Waals surface area contributed by atoms with Gasteiger partial charge in [0, 0.05) is 18.0 Å². The number of pyridine rings is 1. The van der Waals surface area contributed by atoms with Crippen molar-refractivity contribution in [2.75, 3.05) is 0 Å². The Balaban J connectivity index is 2.07. The lowest BCUT2D eigenvalue weighted by Crippen LogP contribution is -2.17. The molecule has 96 valence electrons. The van der Waals surface area contributed by atoms with Crippen molar-refractivity contribution in [3.8, 4) is 0 Å². The summed E-state index contributed by atoms with van der Waals surface area (Å²) in [5.74, 6) is -0.354. The molecular weight excluding hydrogens is 285 g/mol. The second-order valence-electron chi connectivity index (χ2n) is 3.58. The second-order valence-corrected chi connectivity index (χ2v) is 4.39. The maximum Gasteiger partial charge on any atom is 0.272 e. The zero-order chi connectivity index (χ0) is 13.7. The van der Waals surface area contributed by atoms with Crippen LogP contribution < -0.4 is 5.43 Å². The predicted molar refractivity (Wildman–Crippen MR) is 75.8 cm³/mol. The van der Waals surface area contributed by atoms with E-state index in [1.807, 2.05) is 0 Å². The van der Waals surface area contributed by atoms with Crippen molar-refractivity contribution in [1.29, 1.82) is 0 Å². The molecule has 0 radical (unpaired) electrons. The van der Waals surface area contributed by atoms with E-state index in [1.165, 1.54) is 12.4 Å². The van der Waals surface area contributed by atoms with Crippen molar-refractivity contribution in [2.45, 2.75) is 0 Å². The summed E-state index contributed by atoms with van der Waals surface area (Å²) in [6.07, 6.45) is 4.44. The molecule has 0 unspecified atom stereocenters. The van der Waals surface area contributed by atoms with Gasteiger partial charge in [-0.25, -0.2) is 5.43 Å². The van der Waals surface area contributed by atoms with Crippen LogP contribution in [0.2, 0.25) is 10.0 Å². The van der Waals surface area contributed by atoms with Crippen molar-refractivity contribution in [1.82, 2.24) is 10.4 Å². The molecule has 0 bridgehead atoms. The number of carbonyl (C=O) groups is 1. The summed E-state index contributed by atoms with van der Waals surface area (Å²) in [6, 6.07) is 8.43. The van der Waals surface area contributed by atoms with Crippen LogP contribution in [0, 0.1) is 0 Å². The topological polar surface area (TPSA) is 54.4 Å². The summed E-state index contributed by atoms with van der Waals surface area (Å²) in [7, 11) is 0. The molecule has 1 aromatic carbocycles.